The zero-order valence-electron chi connectivity index (χ0n) is 15.9. The number of ether oxygens (including phenoxy) is 1. The maximum absolute atomic E-state index is 13.1. The van der Waals surface area contributed by atoms with Crippen LogP contribution in [0.15, 0.2) is 59.8 Å². The minimum Gasteiger partial charge on any atom is -0.497 e. The van der Waals surface area contributed by atoms with Crippen molar-refractivity contribution in [2.75, 3.05) is 7.11 Å². The van der Waals surface area contributed by atoms with Gasteiger partial charge in [0.15, 0.2) is 5.78 Å². The Bertz CT molecular complexity index is 1030. The number of ketones is 1. The Hall–Kier alpha value is -3.48. The molecule has 1 heterocycles. The van der Waals surface area contributed by atoms with Crippen LogP contribution in [-0.4, -0.2) is 23.7 Å². The van der Waals surface area contributed by atoms with E-state index in [4.69, 9.17) is 4.74 Å². The van der Waals surface area contributed by atoms with Gasteiger partial charge in [-0.2, -0.15) is 0 Å². The number of nitro benzene ring substituents is 1. The predicted molar refractivity (Wildman–Crippen MR) is 106 cm³/mol. The third kappa shape index (κ3) is 3.63. The second-order valence-electron chi connectivity index (χ2n) is 7.35. The van der Waals surface area contributed by atoms with E-state index in [0.29, 0.717) is 29.7 Å². The van der Waals surface area contributed by atoms with Crippen molar-refractivity contribution < 1.29 is 19.2 Å². The second-order valence-corrected chi connectivity index (χ2v) is 7.35. The Balaban J connectivity index is 1.69. The number of allylic oxidation sites excluding steroid dienone is 2. The molecule has 4 rings (SSSR count). The predicted octanol–water partition coefficient (Wildman–Crippen LogP) is 3.61. The molecule has 1 aliphatic heterocycles. The van der Waals surface area contributed by atoms with Crippen LogP contribution in [0, 0.1) is 10.1 Å². The lowest BCUT2D eigenvalue weighted by Gasteiger charge is -2.34. The van der Waals surface area contributed by atoms with E-state index < -0.39 is 10.8 Å². The Morgan fingerprint density at radius 1 is 1.03 bits per heavy atom. The van der Waals surface area contributed by atoms with Gasteiger partial charge in [-0.25, -0.2) is 0 Å². The molecule has 0 saturated heterocycles. The van der Waals surface area contributed by atoms with Crippen molar-refractivity contribution in [3.63, 3.8) is 0 Å². The number of carbonyl (C=O) groups is 2. The largest absolute Gasteiger partial charge is 0.497 e. The van der Waals surface area contributed by atoms with Gasteiger partial charge < -0.3 is 10.1 Å². The van der Waals surface area contributed by atoms with Crippen molar-refractivity contribution in [2.45, 2.75) is 31.1 Å². The highest BCUT2D eigenvalue weighted by Gasteiger charge is 2.38. The number of carbonyl (C=O) groups excluding carboxylic acids is 2. The van der Waals surface area contributed by atoms with Crippen LogP contribution in [0.1, 0.15) is 42.2 Å². The molecule has 0 spiro atoms. The fourth-order valence-electron chi connectivity index (χ4n) is 4.21. The number of benzene rings is 2. The Morgan fingerprint density at radius 3 is 2.48 bits per heavy atom. The highest BCUT2D eigenvalue weighted by Crippen LogP contribution is 2.43. The maximum atomic E-state index is 13.1. The Morgan fingerprint density at radius 2 is 1.79 bits per heavy atom. The number of amides is 1. The van der Waals surface area contributed by atoms with E-state index in [-0.39, 0.29) is 29.7 Å². The third-order valence-corrected chi connectivity index (χ3v) is 5.61. The van der Waals surface area contributed by atoms with E-state index in [1.54, 1.807) is 19.2 Å². The molecule has 0 radical (unpaired) electrons. The minimum absolute atomic E-state index is 0.0245. The van der Waals surface area contributed by atoms with Crippen molar-refractivity contribution >= 4 is 17.4 Å². The molecule has 1 amide bonds. The Labute approximate surface area is 167 Å². The number of non-ortho nitro benzene ring substituents is 1. The van der Waals surface area contributed by atoms with Gasteiger partial charge in [-0.15, -0.1) is 0 Å². The molecule has 7 heteroatoms. The lowest BCUT2D eigenvalue weighted by Crippen LogP contribution is -2.38. The topological polar surface area (TPSA) is 98.5 Å². The summed E-state index contributed by atoms with van der Waals surface area (Å²) in [6, 6.07) is 13.8. The van der Waals surface area contributed by atoms with Gasteiger partial charge in [0.05, 0.1) is 12.0 Å². The normalized spacial score (nSPS) is 21.4. The van der Waals surface area contributed by atoms with Crippen LogP contribution >= 0.6 is 0 Å². The number of nitro groups is 1. The maximum Gasteiger partial charge on any atom is 0.269 e. The molecule has 2 atom stereocenters. The van der Waals surface area contributed by atoms with Crippen LogP contribution in [0.25, 0.3) is 0 Å². The van der Waals surface area contributed by atoms with Crippen molar-refractivity contribution in [3.8, 4) is 5.75 Å². The molecule has 148 valence electrons. The van der Waals surface area contributed by atoms with E-state index in [1.807, 2.05) is 24.3 Å². The van der Waals surface area contributed by atoms with Crippen LogP contribution in [0.5, 0.6) is 5.75 Å². The van der Waals surface area contributed by atoms with Gasteiger partial charge >= 0.3 is 0 Å². The molecule has 0 unspecified atom stereocenters. The summed E-state index contributed by atoms with van der Waals surface area (Å²) >= 11 is 0. The molecule has 1 N–H and O–H groups in total. The first kappa shape index (κ1) is 18.9. The first-order valence-corrected chi connectivity index (χ1v) is 9.40. The van der Waals surface area contributed by atoms with Gasteiger partial charge in [0.25, 0.3) is 5.69 Å². The van der Waals surface area contributed by atoms with E-state index in [1.165, 1.54) is 12.1 Å². The molecule has 0 saturated carbocycles. The van der Waals surface area contributed by atoms with Crippen LogP contribution in [0.4, 0.5) is 5.69 Å². The minimum atomic E-state index is -0.468. The lowest BCUT2D eigenvalue weighted by atomic mass is 9.73. The molecule has 1 aliphatic carbocycles. The van der Waals surface area contributed by atoms with Crippen molar-refractivity contribution in [2.24, 2.45) is 0 Å². The fourth-order valence-corrected chi connectivity index (χ4v) is 4.21. The molecule has 0 bridgehead atoms. The lowest BCUT2D eigenvalue weighted by molar-refractivity contribution is -0.384. The number of nitrogens with zero attached hydrogens (tertiary/aromatic N) is 1. The van der Waals surface area contributed by atoms with Gasteiger partial charge in [0.2, 0.25) is 5.91 Å². The molecular weight excluding hydrogens is 372 g/mol. The van der Waals surface area contributed by atoms with Crippen LogP contribution in [0.3, 0.4) is 0 Å². The number of rotatable bonds is 4. The molecule has 2 aromatic rings. The summed E-state index contributed by atoms with van der Waals surface area (Å²) in [6.45, 7) is 0. The average molecular weight is 392 g/mol. The summed E-state index contributed by atoms with van der Waals surface area (Å²) in [6.07, 6.45) is 0.996. The van der Waals surface area contributed by atoms with E-state index in [2.05, 4.69) is 5.32 Å². The molecule has 2 aliphatic rings. The van der Waals surface area contributed by atoms with Gasteiger partial charge in [0, 0.05) is 42.2 Å². The first-order chi connectivity index (χ1) is 14.0. The second kappa shape index (κ2) is 7.50. The molecule has 2 aromatic carbocycles. The molecule has 0 aromatic heterocycles. The fraction of sp³-hybridized carbons (Fsp3) is 0.273. The number of hydrogen-bond acceptors (Lipinski definition) is 5. The summed E-state index contributed by atoms with van der Waals surface area (Å²) in [5.74, 6) is 0.0544. The van der Waals surface area contributed by atoms with E-state index >= 15 is 0 Å². The summed E-state index contributed by atoms with van der Waals surface area (Å²) < 4.78 is 5.19. The summed E-state index contributed by atoms with van der Waals surface area (Å²) in [7, 11) is 1.60. The van der Waals surface area contributed by atoms with Crippen molar-refractivity contribution in [1.29, 1.82) is 0 Å². The van der Waals surface area contributed by atoms with Gasteiger partial charge in [0.1, 0.15) is 5.75 Å². The zero-order valence-corrected chi connectivity index (χ0v) is 15.9. The highest BCUT2D eigenvalue weighted by molar-refractivity contribution is 6.02. The molecule has 29 heavy (non-hydrogen) atoms. The standard InChI is InChI=1S/C22H20N2O5/c1-29-17-7-5-13(6-8-17)15-10-19-22(20(25)11-15)18(12-21(26)23-19)14-3-2-4-16(9-14)24(27)28/h2-9,15,18H,10-12H2,1H3,(H,23,26)/t15-,18+/m0/s1. The average Bonchev–Trinajstić information content (AvgIpc) is 2.73. The number of Topliss-reactive ketones (excluding diaryl/α,β-unsaturated/α-hetero) is 1. The third-order valence-electron chi connectivity index (χ3n) is 5.61. The first-order valence-electron chi connectivity index (χ1n) is 9.40. The smallest absolute Gasteiger partial charge is 0.269 e. The summed E-state index contributed by atoms with van der Waals surface area (Å²) in [5.41, 5.74) is 2.80. The number of hydrogen-bond donors (Lipinski definition) is 1. The highest BCUT2D eigenvalue weighted by atomic mass is 16.6. The number of methoxy groups -OCH3 is 1. The van der Waals surface area contributed by atoms with Gasteiger partial charge in [-0.1, -0.05) is 24.3 Å². The van der Waals surface area contributed by atoms with Crippen LogP contribution in [0.2, 0.25) is 0 Å². The van der Waals surface area contributed by atoms with Crippen LogP contribution < -0.4 is 10.1 Å². The van der Waals surface area contributed by atoms with Crippen LogP contribution in [-0.2, 0) is 9.59 Å². The molecular formula is C22H20N2O5. The zero-order chi connectivity index (χ0) is 20.5. The quantitative estimate of drug-likeness (QED) is 0.633. The number of nitrogens with one attached hydrogen (secondary N) is 1. The Kier molecular flexibility index (Phi) is 4.88. The van der Waals surface area contributed by atoms with Crippen molar-refractivity contribution in [1.82, 2.24) is 5.32 Å². The van der Waals surface area contributed by atoms with E-state index in [9.17, 15) is 19.7 Å². The monoisotopic (exact) mass is 392 g/mol. The van der Waals surface area contributed by atoms with E-state index in [0.717, 1.165) is 11.3 Å². The SMILES string of the molecule is COc1ccc([C@@H]2CC(=O)C3=C(C2)NC(=O)C[C@@H]3c2cccc([N+](=O)[O-])c2)cc1. The van der Waals surface area contributed by atoms with Crippen molar-refractivity contribution in [3.05, 3.63) is 81.0 Å². The van der Waals surface area contributed by atoms with Gasteiger partial charge in [-0.3, -0.25) is 19.7 Å². The van der Waals surface area contributed by atoms with Gasteiger partial charge in [-0.05, 0) is 35.6 Å². The molecule has 7 nitrogen and oxygen atoms in total. The summed E-state index contributed by atoms with van der Waals surface area (Å²) in [4.78, 5) is 36.1. The molecule has 0 fully saturated rings. The summed E-state index contributed by atoms with van der Waals surface area (Å²) in [5, 5.41) is 14.0.